The first-order chi connectivity index (χ1) is 8.64. The van der Waals surface area contributed by atoms with Crippen molar-refractivity contribution < 1.29 is 4.74 Å². The molecule has 1 aliphatic carbocycles. The van der Waals surface area contributed by atoms with Crippen LogP contribution in [0.15, 0.2) is 0 Å². The van der Waals surface area contributed by atoms with E-state index in [9.17, 15) is 0 Å². The fourth-order valence-electron chi connectivity index (χ4n) is 3.05. The van der Waals surface area contributed by atoms with E-state index in [1.54, 1.807) is 0 Å². The first-order valence-corrected chi connectivity index (χ1v) is 7.42. The van der Waals surface area contributed by atoms with Gasteiger partial charge in [-0.2, -0.15) is 0 Å². The van der Waals surface area contributed by atoms with Crippen LogP contribution in [0.3, 0.4) is 0 Å². The summed E-state index contributed by atoms with van der Waals surface area (Å²) in [6.45, 7) is 14.5. The molecular weight excluding hydrogens is 226 g/mol. The number of nitrogens with one attached hydrogen (secondary N) is 2. The molecule has 0 amide bonds. The van der Waals surface area contributed by atoms with Crippen LogP contribution in [0.4, 0.5) is 0 Å². The Morgan fingerprint density at radius 2 is 2.06 bits per heavy atom. The fourth-order valence-corrected chi connectivity index (χ4v) is 3.05. The molecule has 0 radical (unpaired) electrons. The fraction of sp³-hybridized carbons (Fsp3) is 1.00. The van der Waals surface area contributed by atoms with Gasteiger partial charge in [-0.25, -0.2) is 0 Å². The first kappa shape index (κ1) is 14.3. The van der Waals surface area contributed by atoms with E-state index in [-0.39, 0.29) is 0 Å². The molecule has 0 aromatic rings. The average Bonchev–Trinajstić information content (AvgIpc) is 2.38. The molecule has 0 aromatic heterocycles. The van der Waals surface area contributed by atoms with Gasteiger partial charge in [-0.05, 0) is 13.3 Å². The Hall–Kier alpha value is -0.160. The van der Waals surface area contributed by atoms with E-state index in [0.29, 0.717) is 17.6 Å². The molecular formula is C14H29N3O. The smallest absolute Gasteiger partial charge is 0.0655 e. The summed E-state index contributed by atoms with van der Waals surface area (Å²) in [5.41, 5.74) is 0.291. The van der Waals surface area contributed by atoms with Crippen molar-refractivity contribution >= 4 is 0 Å². The Morgan fingerprint density at radius 1 is 1.33 bits per heavy atom. The normalized spacial score (nSPS) is 32.2. The van der Waals surface area contributed by atoms with E-state index in [1.807, 2.05) is 0 Å². The predicted molar refractivity (Wildman–Crippen MR) is 74.9 cm³/mol. The second kappa shape index (κ2) is 6.33. The lowest BCUT2D eigenvalue weighted by atomic mass is 9.64. The summed E-state index contributed by atoms with van der Waals surface area (Å²) < 4.78 is 5.76. The van der Waals surface area contributed by atoms with Crippen LogP contribution in [0.2, 0.25) is 0 Å². The maximum Gasteiger partial charge on any atom is 0.0655 e. The molecule has 1 saturated heterocycles. The van der Waals surface area contributed by atoms with E-state index in [0.717, 1.165) is 26.2 Å². The van der Waals surface area contributed by atoms with Crippen LogP contribution >= 0.6 is 0 Å². The SMILES string of the molecule is CCOC1CC(NCCN2CCNCC2)C1(C)C. The number of piperazine rings is 1. The maximum absolute atomic E-state index is 5.76. The quantitative estimate of drug-likeness (QED) is 0.732. The van der Waals surface area contributed by atoms with E-state index >= 15 is 0 Å². The third-order valence-electron chi connectivity index (χ3n) is 4.57. The Balaban J connectivity index is 1.62. The van der Waals surface area contributed by atoms with Crippen molar-refractivity contribution in [3.8, 4) is 0 Å². The van der Waals surface area contributed by atoms with Gasteiger partial charge in [0.15, 0.2) is 0 Å². The highest BCUT2D eigenvalue weighted by Gasteiger charge is 2.48. The van der Waals surface area contributed by atoms with Crippen molar-refractivity contribution in [1.29, 1.82) is 0 Å². The molecule has 1 heterocycles. The van der Waals surface area contributed by atoms with Crippen LogP contribution in [0, 0.1) is 5.41 Å². The molecule has 2 fully saturated rings. The Bertz CT molecular complexity index is 251. The molecule has 2 N–H and O–H groups in total. The van der Waals surface area contributed by atoms with Crippen LogP contribution in [0.25, 0.3) is 0 Å². The second-order valence-electron chi connectivity index (χ2n) is 6.10. The van der Waals surface area contributed by atoms with Gasteiger partial charge >= 0.3 is 0 Å². The predicted octanol–water partition coefficient (Wildman–Crippen LogP) is 0.685. The standard InChI is InChI=1S/C14H29N3O/c1-4-18-13-11-12(14(13,2)3)16-7-10-17-8-5-15-6-9-17/h12-13,15-16H,4-11H2,1-3H3. The van der Waals surface area contributed by atoms with Crippen LogP contribution in [0.5, 0.6) is 0 Å². The molecule has 1 aliphatic heterocycles. The highest BCUT2D eigenvalue weighted by molar-refractivity contribution is 5.02. The van der Waals surface area contributed by atoms with Crippen LogP contribution < -0.4 is 10.6 Å². The van der Waals surface area contributed by atoms with Crippen molar-refractivity contribution in [3.05, 3.63) is 0 Å². The second-order valence-corrected chi connectivity index (χ2v) is 6.10. The molecule has 2 atom stereocenters. The molecule has 1 saturated carbocycles. The van der Waals surface area contributed by atoms with Crippen molar-refractivity contribution in [1.82, 2.24) is 15.5 Å². The first-order valence-electron chi connectivity index (χ1n) is 7.42. The zero-order valence-corrected chi connectivity index (χ0v) is 12.2. The Morgan fingerprint density at radius 3 is 2.67 bits per heavy atom. The van der Waals surface area contributed by atoms with E-state index in [2.05, 4.69) is 36.3 Å². The van der Waals surface area contributed by atoms with E-state index < -0.39 is 0 Å². The highest BCUT2D eigenvalue weighted by Crippen LogP contribution is 2.42. The molecule has 0 aromatic carbocycles. The van der Waals surface area contributed by atoms with Gasteiger partial charge in [0.25, 0.3) is 0 Å². The summed E-state index contributed by atoms with van der Waals surface area (Å²) in [6.07, 6.45) is 1.61. The van der Waals surface area contributed by atoms with Crippen molar-refractivity contribution in [3.63, 3.8) is 0 Å². The summed E-state index contributed by atoms with van der Waals surface area (Å²) in [7, 11) is 0. The lowest BCUT2D eigenvalue weighted by molar-refractivity contribution is -0.114. The molecule has 18 heavy (non-hydrogen) atoms. The number of hydrogen-bond acceptors (Lipinski definition) is 4. The van der Waals surface area contributed by atoms with Gasteiger partial charge in [0.05, 0.1) is 6.10 Å². The van der Waals surface area contributed by atoms with E-state index in [4.69, 9.17) is 4.74 Å². The van der Waals surface area contributed by atoms with Gasteiger partial charge < -0.3 is 15.4 Å². The Labute approximate surface area is 111 Å². The minimum absolute atomic E-state index is 0.291. The van der Waals surface area contributed by atoms with Crippen molar-refractivity contribution in [2.75, 3.05) is 45.9 Å². The monoisotopic (exact) mass is 255 g/mol. The largest absolute Gasteiger partial charge is 0.378 e. The van der Waals surface area contributed by atoms with Gasteiger partial charge in [0.2, 0.25) is 0 Å². The molecule has 0 bridgehead atoms. The van der Waals surface area contributed by atoms with Gasteiger partial charge in [0.1, 0.15) is 0 Å². The lowest BCUT2D eigenvalue weighted by Crippen LogP contribution is -2.61. The highest BCUT2D eigenvalue weighted by atomic mass is 16.5. The summed E-state index contributed by atoms with van der Waals surface area (Å²) in [6, 6.07) is 0.622. The third kappa shape index (κ3) is 3.23. The van der Waals surface area contributed by atoms with Gasteiger partial charge in [-0.15, -0.1) is 0 Å². The minimum atomic E-state index is 0.291. The van der Waals surface area contributed by atoms with Crippen LogP contribution in [-0.2, 0) is 4.74 Å². The summed E-state index contributed by atoms with van der Waals surface area (Å²) in [4.78, 5) is 2.54. The van der Waals surface area contributed by atoms with Crippen molar-refractivity contribution in [2.45, 2.75) is 39.3 Å². The van der Waals surface area contributed by atoms with Crippen molar-refractivity contribution in [2.24, 2.45) is 5.41 Å². The molecule has 2 rings (SSSR count). The number of nitrogens with zero attached hydrogens (tertiary/aromatic N) is 1. The summed E-state index contributed by atoms with van der Waals surface area (Å²) >= 11 is 0. The topological polar surface area (TPSA) is 36.5 Å². The van der Waals surface area contributed by atoms with Gasteiger partial charge in [0, 0.05) is 57.3 Å². The lowest BCUT2D eigenvalue weighted by Gasteiger charge is -2.52. The molecule has 2 aliphatic rings. The maximum atomic E-state index is 5.76. The Kier molecular flexibility index (Phi) is 5.01. The molecule has 4 nitrogen and oxygen atoms in total. The number of hydrogen-bond donors (Lipinski definition) is 2. The van der Waals surface area contributed by atoms with Gasteiger partial charge in [-0.1, -0.05) is 13.8 Å². The molecule has 2 unspecified atom stereocenters. The molecule has 106 valence electrons. The van der Waals surface area contributed by atoms with Gasteiger partial charge in [-0.3, -0.25) is 4.90 Å². The van der Waals surface area contributed by atoms with Crippen LogP contribution in [0.1, 0.15) is 27.2 Å². The molecule has 4 heteroatoms. The minimum Gasteiger partial charge on any atom is -0.378 e. The summed E-state index contributed by atoms with van der Waals surface area (Å²) in [5.74, 6) is 0. The van der Waals surface area contributed by atoms with E-state index in [1.165, 1.54) is 26.1 Å². The number of rotatable bonds is 6. The number of ether oxygens (including phenoxy) is 1. The average molecular weight is 255 g/mol. The third-order valence-corrected chi connectivity index (χ3v) is 4.57. The molecule has 0 spiro atoms. The zero-order chi connectivity index (χ0) is 13.0. The van der Waals surface area contributed by atoms with Crippen LogP contribution in [-0.4, -0.2) is 62.9 Å². The zero-order valence-electron chi connectivity index (χ0n) is 12.2. The summed E-state index contributed by atoms with van der Waals surface area (Å²) in [5, 5.41) is 7.09.